The molecule has 30 heavy (non-hydrogen) atoms. The van der Waals surface area contributed by atoms with Crippen LogP contribution < -0.4 is 0 Å². The van der Waals surface area contributed by atoms with Crippen LogP contribution in [0.25, 0.3) is 0 Å². The van der Waals surface area contributed by atoms with Crippen LogP contribution in [0.2, 0.25) is 24.5 Å². The zero-order chi connectivity index (χ0) is 27.0. The van der Waals surface area contributed by atoms with Gasteiger partial charge in [0.15, 0.2) is 0 Å². The van der Waals surface area contributed by atoms with E-state index in [0.29, 0.717) is 24.5 Å². The van der Waals surface area contributed by atoms with Crippen LogP contribution in [0.4, 0.5) is 0 Å². The third kappa shape index (κ3) is 2300. The minimum absolute atomic E-state index is 0.438. The summed E-state index contributed by atoms with van der Waals surface area (Å²) in [6.45, 7) is 39.4. The second-order valence-corrected chi connectivity index (χ2v) is 33.0. The second kappa shape index (κ2) is 20.7. The van der Waals surface area contributed by atoms with Gasteiger partial charge in [0.1, 0.15) is 0 Å². The van der Waals surface area contributed by atoms with Crippen molar-refractivity contribution in [2.75, 3.05) is 0 Å². The van der Waals surface area contributed by atoms with Gasteiger partial charge < -0.3 is 0 Å². The molecule has 6 heteroatoms. The molecule has 12 radical (unpaired) electrons. The molecule has 0 atom stereocenters. The van der Waals surface area contributed by atoms with Crippen LogP contribution in [-0.4, -0.2) is 106 Å². The van der Waals surface area contributed by atoms with Gasteiger partial charge in [-0.15, -0.1) is 0 Å². The summed E-state index contributed by atoms with van der Waals surface area (Å²) in [5.41, 5.74) is 0. The summed E-state index contributed by atoms with van der Waals surface area (Å²) in [5.74, 6) is 0. The number of rotatable bonds is 0. The molecule has 0 heterocycles. The summed E-state index contributed by atoms with van der Waals surface area (Å²) in [6.07, 6.45) is 0. The first-order chi connectivity index (χ1) is 12.0. The van der Waals surface area contributed by atoms with Gasteiger partial charge >= 0.3 is 256 Å². The predicted molar refractivity (Wildman–Crippen MR) is 153 cm³/mol. The normalized spacial score (nSPS) is 11.9. The molecule has 0 aliphatic rings. The standard InChI is InChI=1S/3C4H9As.3C4H9.3Ga/c3*1-4(2,3)5;3*1-4(2)3;;;/h3*1-3H3;3*1-3H3;;;. The first-order valence-corrected chi connectivity index (χ1v) is 17.0. The van der Waals surface area contributed by atoms with Crippen LogP contribution in [0.5, 0.6) is 0 Å². The van der Waals surface area contributed by atoms with Gasteiger partial charge in [0.2, 0.25) is 0 Å². The Balaban J connectivity index is -0.0000000576. The molecule has 0 aromatic carbocycles. The van der Waals surface area contributed by atoms with Gasteiger partial charge in [-0.1, -0.05) is 0 Å². The first-order valence-electron chi connectivity index (χ1n) is 10.5. The molecular weight excluding hydrogens is 722 g/mol. The van der Waals surface area contributed by atoms with Crippen molar-refractivity contribution in [1.82, 2.24) is 0 Å². The maximum atomic E-state index is 2.58. The van der Waals surface area contributed by atoms with Gasteiger partial charge in [0, 0.05) is 0 Å². The van der Waals surface area contributed by atoms with Crippen molar-refractivity contribution < 1.29 is 0 Å². The van der Waals surface area contributed by atoms with Crippen LogP contribution in [0.3, 0.4) is 0 Å². The molecule has 0 amide bonds. The zero-order valence-electron chi connectivity index (χ0n) is 24.1. The SMILES string of the molecule is CC(C)(C)[As].CC(C)(C)[As].CC(C)(C)[As].C[C](C)(C)[Ga].C[C](C)(C)[Ga].C[C](C)(C)[Ga]. The predicted octanol–water partition coefficient (Wildman–Crippen LogP) is 8.24. The first kappa shape index (κ1) is 46.9. The fourth-order valence-corrected chi connectivity index (χ4v) is 0. The van der Waals surface area contributed by atoms with Crippen molar-refractivity contribution in [2.45, 2.75) is 149 Å². The average Bonchev–Trinajstić information content (AvgIpc) is 1.94. The van der Waals surface area contributed by atoms with Gasteiger partial charge in [-0.2, -0.15) is 0 Å². The van der Waals surface area contributed by atoms with Crippen LogP contribution in [-0.2, 0) is 0 Å². The zero-order valence-corrected chi connectivity index (χ0v) is 37.0. The molecule has 0 fully saturated rings. The Labute approximate surface area is 252 Å². The van der Waals surface area contributed by atoms with E-state index in [-0.39, 0.29) is 0 Å². The van der Waals surface area contributed by atoms with Crippen molar-refractivity contribution in [3.63, 3.8) is 0 Å². The molecule has 0 saturated carbocycles. The molecule has 0 spiro atoms. The molecule has 0 saturated heterocycles. The van der Waals surface area contributed by atoms with Crippen molar-refractivity contribution in [2.24, 2.45) is 0 Å². The molecule has 0 N–H and O–H groups in total. The van der Waals surface area contributed by atoms with E-state index in [1.54, 1.807) is 55.8 Å². The van der Waals surface area contributed by atoms with Crippen LogP contribution in [0.15, 0.2) is 0 Å². The molecule has 0 aliphatic carbocycles. The third-order valence-electron chi connectivity index (χ3n) is 0. The van der Waals surface area contributed by atoms with Gasteiger partial charge in [-0.25, -0.2) is 0 Å². The van der Waals surface area contributed by atoms with Crippen molar-refractivity contribution in [3.05, 3.63) is 0 Å². The monoisotopic (exact) mass is 774 g/mol. The molecule has 174 valence electrons. The Hall–Kier alpha value is 3.58. The average molecular weight is 777 g/mol. The van der Waals surface area contributed by atoms with E-state index in [1.807, 2.05) is 0 Å². The topological polar surface area (TPSA) is 0 Å². The summed E-state index contributed by atoms with van der Waals surface area (Å²) in [4.78, 5) is 0. The molecule has 0 rings (SSSR count). The van der Waals surface area contributed by atoms with Crippen molar-refractivity contribution >= 4 is 106 Å². The maximum absolute atomic E-state index is 2.58. The molecule has 0 aromatic heterocycles. The number of hydrogen-bond acceptors (Lipinski definition) is 0. The van der Waals surface area contributed by atoms with E-state index in [1.165, 1.54) is 0 Å². The molecule has 0 unspecified atom stereocenters. The number of hydrogen-bond donors (Lipinski definition) is 0. The molecule has 0 aliphatic heterocycles. The quantitative estimate of drug-likeness (QED) is 0.218. The summed E-state index contributed by atoms with van der Waals surface area (Å²) < 4.78 is 3.00. The summed E-state index contributed by atoms with van der Waals surface area (Å²) in [5, 5.41) is 0. The fraction of sp³-hybridized carbons (Fsp3) is 1.00. The van der Waals surface area contributed by atoms with Crippen molar-refractivity contribution in [1.29, 1.82) is 0 Å². The van der Waals surface area contributed by atoms with E-state index in [2.05, 4.69) is 175 Å². The van der Waals surface area contributed by atoms with Gasteiger partial charge in [-0.05, 0) is 0 Å². The minimum atomic E-state index is 0.438. The van der Waals surface area contributed by atoms with E-state index < -0.39 is 0 Å². The van der Waals surface area contributed by atoms with E-state index in [0.717, 1.165) is 0 Å². The third-order valence-corrected chi connectivity index (χ3v) is 0. The Morgan fingerprint density at radius 2 is 0.300 bits per heavy atom. The van der Waals surface area contributed by atoms with Gasteiger partial charge in [-0.3, -0.25) is 0 Å². The van der Waals surface area contributed by atoms with E-state index >= 15 is 0 Å². The van der Waals surface area contributed by atoms with E-state index in [9.17, 15) is 0 Å². The van der Waals surface area contributed by atoms with Crippen molar-refractivity contribution in [3.8, 4) is 0 Å². The van der Waals surface area contributed by atoms with Crippen LogP contribution >= 0.6 is 0 Å². The van der Waals surface area contributed by atoms with Gasteiger partial charge in [0.05, 0.1) is 0 Å². The Morgan fingerprint density at radius 3 is 0.300 bits per heavy atom. The Morgan fingerprint density at radius 1 is 0.300 bits per heavy atom. The Kier molecular flexibility index (Phi) is 32.4. The fourth-order valence-electron chi connectivity index (χ4n) is 0. The van der Waals surface area contributed by atoms with Crippen LogP contribution in [0.1, 0.15) is 125 Å². The van der Waals surface area contributed by atoms with Crippen LogP contribution in [0, 0.1) is 0 Å². The Bertz CT molecular complexity index is 214. The summed E-state index contributed by atoms with van der Waals surface area (Å²) >= 11 is 13.1. The molecule has 0 aromatic rings. The molecule has 0 bridgehead atoms. The van der Waals surface area contributed by atoms with Gasteiger partial charge in [0.25, 0.3) is 0 Å². The van der Waals surface area contributed by atoms with E-state index in [4.69, 9.17) is 0 Å². The summed E-state index contributed by atoms with van der Waals surface area (Å²) in [6, 6.07) is 0. The second-order valence-electron chi connectivity index (χ2n) is 13.6. The summed E-state index contributed by atoms with van der Waals surface area (Å²) in [7, 11) is 0. The molecule has 0 nitrogen and oxygen atoms in total. The molecular formula is C24H54As3Ga3.